The second-order valence-corrected chi connectivity index (χ2v) is 5.64. The average Bonchev–Trinajstić information content (AvgIpc) is 2.51. The molecule has 3 nitrogen and oxygen atoms in total. The third-order valence-electron chi connectivity index (χ3n) is 3.90. The third kappa shape index (κ3) is 3.72. The summed E-state index contributed by atoms with van der Waals surface area (Å²) in [6.07, 6.45) is 5.38. The number of hydrogen-bond acceptors (Lipinski definition) is 2. The molecule has 1 aliphatic rings. The van der Waals surface area contributed by atoms with Crippen molar-refractivity contribution in [1.29, 1.82) is 0 Å². The minimum absolute atomic E-state index is 0.0512. The molecular formula is C16H21F3N2O. The number of amides is 1. The van der Waals surface area contributed by atoms with Crippen LogP contribution >= 0.6 is 0 Å². The van der Waals surface area contributed by atoms with Gasteiger partial charge < -0.3 is 10.6 Å². The van der Waals surface area contributed by atoms with Gasteiger partial charge in [0, 0.05) is 12.6 Å². The van der Waals surface area contributed by atoms with Gasteiger partial charge in [-0.2, -0.15) is 0 Å². The predicted molar refractivity (Wildman–Crippen MR) is 79.4 cm³/mol. The van der Waals surface area contributed by atoms with Crippen LogP contribution in [-0.2, 0) is 0 Å². The number of carbonyl (C=O) groups is 1. The van der Waals surface area contributed by atoms with Gasteiger partial charge in [-0.15, -0.1) is 0 Å². The summed E-state index contributed by atoms with van der Waals surface area (Å²) in [4.78, 5) is 12.1. The summed E-state index contributed by atoms with van der Waals surface area (Å²) in [6.45, 7) is 2.14. The quantitative estimate of drug-likeness (QED) is 0.807. The second kappa shape index (κ2) is 7.51. The summed E-state index contributed by atoms with van der Waals surface area (Å²) in [5.74, 6) is -4.37. The van der Waals surface area contributed by atoms with E-state index in [9.17, 15) is 18.0 Å². The van der Waals surface area contributed by atoms with E-state index in [1.54, 1.807) is 0 Å². The maximum absolute atomic E-state index is 14.0. The molecule has 0 spiro atoms. The van der Waals surface area contributed by atoms with Crippen LogP contribution in [0, 0.1) is 17.5 Å². The highest BCUT2D eigenvalue weighted by atomic mass is 19.2. The molecule has 0 unspecified atom stereocenters. The number of hydrogen-bond donors (Lipinski definition) is 2. The first-order valence-corrected chi connectivity index (χ1v) is 7.76. The van der Waals surface area contributed by atoms with Gasteiger partial charge >= 0.3 is 0 Å². The highest BCUT2D eigenvalue weighted by molar-refractivity contribution is 5.95. The second-order valence-electron chi connectivity index (χ2n) is 5.64. The molecule has 22 heavy (non-hydrogen) atoms. The van der Waals surface area contributed by atoms with Crippen molar-refractivity contribution in [1.82, 2.24) is 5.32 Å². The Morgan fingerprint density at radius 2 is 1.86 bits per heavy atom. The van der Waals surface area contributed by atoms with E-state index in [-0.39, 0.29) is 6.04 Å². The molecule has 0 aromatic heterocycles. The molecule has 0 radical (unpaired) electrons. The molecule has 6 heteroatoms. The van der Waals surface area contributed by atoms with E-state index in [2.05, 4.69) is 10.6 Å². The zero-order chi connectivity index (χ0) is 16.1. The zero-order valence-corrected chi connectivity index (χ0v) is 12.6. The lowest BCUT2D eigenvalue weighted by Gasteiger charge is -2.23. The van der Waals surface area contributed by atoms with Crippen LogP contribution in [0.25, 0.3) is 0 Å². The lowest BCUT2D eigenvalue weighted by molar-refractivity contribution is 0.0922. The van der Waals surface area contributed by atoms with Gasteiger partial charge in [0.15, 0.2) is 11.6 Å². The highest BCUT2D eigenvalue weighted by Crippen LogP contribution is 2.25. The van der Waals surface area contributed by atoms with Gasteiger partial charge in [0.2, 0.25) is 0 Å². The molecule has 1 saturated carbocycles. The molecule has 0 saturated heterocycles. The fourth-order valence-electron chi connectivity index (χ4n) is 2.68. The van der Waals surface area contributed by atoms with Crippen molar-refractivity contribution in [2.24, 2.45) is 0 Å². The first kappa shape index (κ1) is 16.6. The van der Waals surface area contributed by atoms with E-state index >= 15 is 0 Å². The molecule has 0 heterocycles. The predicted octanol–water partition coefficient (Wildman–Crippen LogP) is 3.99. The van der Waals surface area contributed by atoms with Crippen molar-refractivity contribution < 1.29 is 18.0 Å². The number of halogens is 3. The Balaban J connectivity index is 2.18. The Hall–Kier alpha value is -1.72. The van der Waals surface area contributed by atoms with Crippen LogP contribution in [0.4, 0.5) is 18.9 Å². The largest absolute Gasteiger partial charge is 0.380 e. The number of anilines is 1. The van der Waals surface area contributed by atoms with E-state index in [0.29, 0.717) is 13.0 Å². The summed E-state index contributed by atoms with van der Waals surface area (Å²) in [5.41, 5.74) is -1.10. The standard InChI is InChI=1S/C16H21F3N2O/c1-2-8-20-15-12(17)9-11(13(18)14(15)19)16(22)21-10-6-4-3-5-7-10/h9-10,20H,2-8H2,1H3,(H,21,22). The number of carbonyl (C=O) groups excluding carboxylic acids is 1. The Morgan fingerprint density at radius 1 is 1.18 bits per heavy atom. The van der Waals surface area contributed by atoms with Crippen LogP contribution in [0.3, 0.4) is 0 Å². The van der Waals surface area contributed by atoms with Crippen LogP contribution in [0.1, 0.15) is 55.8 Å². The summed E-state index contributed by atoms with van der Waals surface area (Å²) >= 11 is 0. The van der Waals surface area contributed by atoms with Crippen LogP contribution in [0.15, 0.2) is 6.07 Å². The first-order valence-electron chi connectivity index (χ1n) is 7.76. The van der Waals surface area contributed by atoms with Crippen LogP contribution in [-0.4, -0.2) is 18.5 Å². The SMILES string of the molecule is CCCNc1c(F)cc(C(=O)NC2CCCCC2)c(F)c1F. The minimum atomic E-state index is -1.35. The minimum Gasteiger partial charge on any atom is -0.380 e. The van der Waals surface area contributed by atoms with Gasteiger partial charge in [-0.3, -0.25) is 4.79 Å². The molecule has 122 valence electrons. The summed E-state index contributed by atoms with van der Waals surface area (Å²) < 4.78 is 41.9. The molecule has 1 amide bonds. The van der Waals surface area contributed by atoms with Gasteiger partial charge in [0.05, 0.1) is 5.56 Å². The summed E-state index contributed by atoms with van der Waals surface area (Å²) in [7, 11) is 0. The van der Waals surface area contributed by atoms with Crippen molar-refractivity contribution in [3.63, 3.8) is 0 Å². The molecule has 1 aromatic rings. The molecule has 0 aliphatic heterocycles. The molecule has 2 N–H and O–H groups in total. The Kier molecular flexibility index (Phi) is 5.69. The van der Waals surface area contributed by atoms with E-state index in [0.717, 1.165) is 38.2 Å². The van der Waals surface area contributed by atoms with Crippen molar-refractivity contribution in [3.8, 4) is 0 Å². The van der Waals surface area contributed by atoms with Crippen molar-refractivity contribution in [2.75, 3.05) is 11.9 Å². The molecule has 2 rings (SSSR count). The van der Waals surface area contributed by atoms with Crippen LogP contribution in [0.5, 0.6) is 0 Å². The topological polar surface area (TPSA) is 41.1 Å². The van der Waals surface area contributed by atoms with E-state index in [1.807, 2.05) is 6.92 Å². The fourth-order valence-corrected chi connectivity index (χ4v) is 2.68. The average molecular weight is 314 g/mol. The highest BCUT2D eigenvalue weighted by Gasteiger charge is 2.24. The number of rotatable bonds is 5. The maximum atomic E-state index is 14.0. The van der Waals surface area contributed by atoms with Crippen LogP contribution < -0.4 is 10.6 Å². The third-order valence-corrected chi connectivity index (χ3v) is 3.90. The smallest absolute Gasteiger partial charge is 0.254 e. The number of nitrogens with one attached hydrogen (secondary N) is 2. The monoisotopic (exact) mass is 314 g/mol. The first-order chi connectivity index (χ1) is 10.5. The maximum Gasteiger partial charge on any atom is 0.254 e. The molecule has 1 aromatic carbocycles. The molecule has 0 bridgehead atoms. The van der Waals surface area contributed by atoms with E-state index in [4.69, 9.17) is 0 Å². The Morgan fingerprint density at radius 3 is 2.50 bits per heavy atom. The normalized spacial score (nSPS) is 15.6. The van der Waals surface area contributed by atoms with Gasteiger partial charge in [-0.05, 0) is 25.3 Å². The van der Waals surface area contributed by atoms with E-state index in [1.165, 1.54) is 0 Å². The van der Waals surface area contributed by atoms with Gasteiger partial charge in [0.25, 0.3) is 5.91 Å². The summed E-state index contributed by atoms with van der Waals surface area (Å²) in [6, 6.07) is 0.707. The van der Waals surface area contributed by atoms with Crippen molar-refractivity contribution in [2.45, 2.75) is 51.5 Å². The Labute approximate surface area is 128 Å². The van der Waals surface area contributed by atoms with E-state index < -0.39 is 34.6 Å². The molecule has 1 fully saturated rings. The Bertz CT molecular complexity index is 543. The lowest BCUT2D eigenvalue weighted by Crippen LogP contribution is -2.36. The fraction of sp³-hybridized carbons (Fsp3) is 0.562. The molecule has 1 aliphatic carbocycles. The zero-order valence-electron chi connectivity index (χ0n) is 12.6. The van der Waals surface area contributed by atoms with Crippen LogP contribution in [0.2, 0.25) is 0 Å². The van der Waals surface area contributed by atoms with Crippen molar-refractivity contribution in [3.05, 3.63) is 29.1 Å². The van der Waals surface area contributed by atoms with Gasteiger partial charge in [-0.1, -0.05) is 26.2 Å². The number of benzene rings is 1. The molecule has 0 atom stereocenters. The summed E-state index contributed by atoms with van der Waals surface area (Å²) in [5, 5.41) is 5.16. The van der Waals surface area contributed by atoms with Crippen molar-refractivity contribution >= 4 is 11.6 Å². The van der Waals surface area contributed by atoms with Gasteiger partial charge in [-0.25, -0.2) is 13.2 Å². The lowest BCUT2D eigenvalue weighted by atomic mass is 9.95. The van der Waals surface area contributed by atoms with Gasteiger partial charge in [0.1, 0.15) is 11.5 Å². The molecular weight excluding hydrogens is 293 g/mol.